The first-order valence-corrected chi connectivity index (χ1v) is 14.3. The number of aryl methyl sites for hydroxylation is 1. The lowest BCUT2D eigenvalue weighted by Crippen LogP contribution is -2.20. The van der Waals surface area contributed by atoms with Crippen LogP contribution in [-0.2, 0) is 22.4 Å². The van der Waals surface area contributed by atoms with Gasteiger partial charge in [-0.2, -0.15) is 13.2 Å². The summed E-state index contributed by atoms with van der Waals surface area (Å²) in [6.45, 7) is 9.17. The molecule has 230 valence electrons. The van der Waals surface area contributed by atoms with Gasteiger partial charge in [0, 0.05) is 17.0 Å². The van der Waals surface area contributed by atoms with Crippen LogP contribution in [0.4, 0.5) is 13.2 Å². The average Bonchev–Trinajstić information content (AvgIpc) is 2.97. The molecule has 43 heavy (non-hydrogen) atoms. The lowest BCUT2D eigenvalue weighted by molar-refractivity contribution is -0.138. The molecule has 0 fully saturated rings. The molecule has 0 bridgehead atoms. The lowest BCUT2D eigenvalue weighted by atomic mass is 9.89. The summed E-state index contributed by atoms with van der Waals surface area (Å²) in [4.78, 5) is 31.3. The van der Waals surface area contributed by atoms with Gasteiger partial charge in [-0.05, 0) is 61.6 Å². The van der Waals surface area contributed by atoms with Crippen LogP contribution < -0.4 is 4.74 Å². The summed E-state index contributed by atoms with van der Waals surface area (Å²) >= 11 is 0. The van der Waals surface area contributed by atoms with Gasteiger partial charge < -0.3 is 14.3 Å². The molecule has 0 aliphatic carbocycles. The topological polar surface area (TPSA) is 74.2 Å². The summed E-state index contributed by atoms with van der Waals surface area (Å²) in [6.07, 6.45) is -2.78. The largest absolute Gasteiger partial charge is 0.485 e. The van der Waals surface area contributed by atoms with Crippen molar-refractivity contribution in [2.24, 2.45) is 17.0 Å². The molecule has 0 spiro atoms. The highest BCUT2D eigenvalue weighted by atomic mass is 19.4. The number of ketones is 1. The molecular formula is C34H38F3NO5. The molecule has 3 aromatic rings. The molecular weight excluding hydrogens is 559 g/mol. The van der Waals surface area contributed by atoms with Crippen LogP contribution in [0.3, 0.4) is 0 Å². The second-order valence-electron chi connectivity index (χ2n) is 10.8. The van der Waals surface area contributed by atoms with Crippen molar-refractivity contribution in [1.29, 1.82) is 0 Å². The zero-order chi connectivity index (χ0) is 31.6. The number of halogens is 3. The van der Waals surface area contributed by atoms with Gasteiger partial charge in [0.05, 0.1) is 23.4 Å². The monoisotopic (exact) mass is 597 g/mol. The van der Waals surface area contributed by atoms with Crippen LogP contribution in [0, 0.1) is 18.8 Å². The number of esters is 1. The number of hydrogen-bond donors (Lipinski definition) is 0. The summed E-state index contributed by atoms with van der Waals surface area (Å²) in [6, 6.07) is 17.4. The van der Waals surface area contributed by atoms with Crippen molar-refractivity contribution in [2.45, 2.75) is 60.2 Å². The number of hydrogen-bond acceptors (Lipinski definition) is 6. The minimum atomic E-state index is -4.44. The van der Waals surface area contributed by atoms with E-state index in [1.54, 1.807) is 43.3 Å². The fourth-order valence-electron chi connectivity index (χ4n) is 4.51. The Kier molecular flexibility index (Phi) is 11.9. The first-order valence-electron chi connectivity index (χ1n) is 14.3. The molecule has 0 aliphatic heterocycles. The highest BCUT2D eigenvalue weighted by molar-refractivity contribution is 6.10. The normalized spacial score (nSPS) is 12.6. The quantitative estimate of drug-likeness (QED) is 0.0807. The fraction of sp³-hybridized carbons (Fsp3) is 0.382. The third-order valence-corrected chi connectivity index (χ3v) is 6.86. The molecule has 0 saturated heterocycles. The van der Waals surface area contributed by atoms with E-state index in [4.69, 9.17) is 14.3 Å². The van der Waals surface area contributed by atoms with Gasteiger partial charge in [-0.15, -0.1) is 0 Å². The second-order valence-corrected chi connectivity index (χ2v) is 10.8. The number of ether oxygens (including phenoxy) is 2. The van der Waals surface area contributed by atoms with Gasteiger partial charge in [-0.3, -0.25) is 4.79 Å². The molecule has 9 heteroatoms. The van der Waals surface area contributed by atoms with Crippen LogP contribution >= 0.6 is 0 Å². The van der Waals surface area contributed by atoms with Gasteiger partial charge in [0.25, 0.3) is 0 Å². The minimum Gasteiger partial charge on any atom is -0.485 e. The van der Waals surface area contributed by atoms with E-state index in [0.29, 0.717) is 34.1 Å². The van der Waals surface area contributed by atoms with Crippen molar-refractivity contribution >= 4 is 17.5 Å². The molecule has 0 saturated carbocycles. The number of rotatable bonds is 14. The van der Waals surface area contributed by atoms with Gasteiger partial charge >= 0.3 is 12.1 Å². The van der Waals surface area contributed by atoms with Gasteiger partial charge in [0.1, 0.15) is 12.4 Å². The van der Waals surface area contributed by atoms with Crippen molar-refractivity contribution in [1.82, 2.24) is 0 Å². The zero-order valence-electron chi connectivity index (χ0n) is 25.2. The number of carbonyl (C=O) groups is 2. The van der Waals surface area contributed by atoms with E-state index < -0.39 is 17.7 Å². The Morgan fingerprint density at radius 2 is 1.63 bits per heavy atom. The molecule has 0 amide bonds. The maximum absolute atomic E-state index is 13.2. The van der Waals surface area contributed by atoms with Crippen LogP contribution in [-0.4, -0.2) is 30.7 Å². The van der Waals surface area contributed by atoms with E-state index in [9.17, 15) is 22.8 Å². The Morgan fingerprint density at radius 1 is 0.907 bits per heavy atom. The first kappa shape index (κ1) is 33.4. The van der Waals surface area contributed by atoms with Gasteiger partial charge in [0.2, 0.25) is 0 Å². The van der Waals surface area contributed by atoms with E-state index in [0.717, 1.165) is 18.9 Å². The Morgan fingerprint density at radius 3 is 2.26 bits per heavy atom. The van der Waals surface area contributed by atoms with E-state index in [1.165, 1.54) is 25.1 Å². The van der Waals surface area contributed by atoms with Crippen LogP contribution in [0.15, 0.2) is 71.9 Å². The van der Waals surface area contributed by atoms with Gasteiger partial charge in [-0.25, -0.2) is 4.79 Å². The van der Waals surface area contributed by atoms with Crippen LogP contribution in [0.5, 0.6) is 5.75 Å². The minimum absolute atomic E-state index is 0.0586. The van der Waals surface area contributed by atoms with Gasteiger partial charge in [-0.1, -0.05) is 74.8 Å². The number of carbonyl (C=O) groups excluding carboxylic acids is 2. The third kappa shape index (κ3) is 9.70. The highest BCUT2D eigenvalue weighted by Gasteiger charge is 2.32. The van der Waals surface area contributed by atoms with E-state index >= 15 is 0 Å². The standard InChI is InChI=1S/C34H38F3NO5/c1-6-41-33(40)29-19-27(42-21-31(39)26-10-8-7-9-11-26)15-16-28(29)32(23(4)13-12-22(2)3)38-43-20-25-14-17-30(24(5)18-25)34(35,36)37/h7-11,14-19,22-23H,6,12-13,20-21H2,1-5H3/b38-32+/t23-/m1/s1. The first-order chi connectivity index (χ1) is 20.4. The Hall–Kier alpha value is -4.14. The van der Waals surface area contributed by atoms with Crippen molar-refractivity contribution < 1.29 is 37.1 Å². The third-order valence-electron chi connectivity index (χ3n) is 6.86. The van der Waals surface area contributed by atoms with Crippen molar-refractivity contribution in [3.8, 4) is 5.75 Å². The predicted octanol–water partition coefficient (Wildman–Crippen LogP) is 8.45. The smallest absolute Gasteiger partial charge is 0.416 e. The van der Waals surface area contributed by atoms with Crippen LogP contribution in [0.2, 0.25) is 0 Å². The number of nitrogens with zero attached hydrogens (tertiary/aromatic N) is 1. The summed E-state index contributed by atoms with van der Waals surface area (Å²) in [5.74, 6) is -0.178. The van der Waals surface area contributed by atoms with E-state index in [-0.39, 0.29) is 42.6 Å². The summed E-state index contributed by atoms with van der Waals surface area (Å²) in [7, 11) is 0. The van der Waals surface area contributed by atoms with Crippen molar-refractivity contribution in [2.75, 3.05) is 13.2 Å². The maximum atomic E-state index is 13.2. The Bertz CT molecular complexity index is 1420. The number of benzene rings is 3. The van der Waals surface area contributed by atoms with Crippen molar-refractivity contribution in [3.63, 3.8) is 0 Å². The average molecular weight is 598 g/mol. The van der Waals surface area contributed by atoms with Crippen LogP contribution in [0.25, 0.3) is 0 Å². The summed E-state index contributed by atoms with van der Waals surface area (Å²) in [5.41, 5.74) is 1.62. The Labute approximate surface area is 250 Å². The molecule has 0 heterocycles. The number of Topliss-reactive ketones (excluding diaryl/α,β-unsaturated/α-hetero) is 1. The number of alkyl halides is 3. The summed E-state index contributed by atoms with van der Waals surface area (Å²) < 4.78 is 50.6. The second kappa shape index (κ2) is 15.4. The maximum Gasteiger partial charge on any atom is 0.416 e. The van der Waals surface area contributed by atoms with Crippen molar-refractivity contribution in [3.05, 3.63) is 100 Å². The molecule has 0 aliphatic rings. The highest BCUT2D eigenvalue weighted by Crippen LogP contribution is 2.32. The number of oxime groups is 1. The molecule has 3 rings (SSSR count). The summed E-state index contributed by atoms with van der Waals surface area (Å²) in [5, 5.41) is 4.41. The molecule has 6 nitrogen and oxygen atoms in total. The zero-order valence-corrected chi connectivity index (χ0v) is 25.2. The van der Waals surface area contributed by atoms with Crippen LogP contribution in [0.1, 0.15) is 83.5 Å². The fourth-order valence-corrected chi connectivity index (χ4v) is 4.51. The molecule has 0 unspecified atom stereocenters. The molecule has 0 aromatic heterocycles. The van der Waals surface area contributed by atoms with E-state index in [2.05, 4.69) is 19.0 Å². The molecule has 1 atom stereocenters. The molecule has 3 aromatic carbocycles. The Balaban J connectivity index is 1.91. The lowest BCUT2D eigenvalue weighted by Gasteiger charge is -2.19. The molecule has 0 radical (unpaired) electrons. The van der Waals surface area contributed by atoms with E-state index in [1.807, 2.05) is 13.0 Å². The molecule has 0 N–H and O–H groups in total. The van der Waals surface area contributed by atoms with Gasteiger partial charge in [0.15, 0.2) is 12.4 Å². The predicted molar refractivity (Wildman–Crippen MR) is 159 cm³/mol. The SMILES string of the molecule is CCOC(=O)c1cc(OCC(=O)c2ccccc2)ccc1/C(=N/OCc1ccc(C(F)(F)F)c(C)c1)[C@H](C)CCC(C)C.